The monoisotopic (exact) mass is 308 g/mol. The number of furan rings is 1. The van der Waals surface area contributed by atoms with Gasteiger partial charge in [0.15, 0.2) is 0 Å². The van der Waals surface area contributed by atoms with E-state index >= 15 is 0 Å². The summed E-state index contributed by atoms with van der Waals surface area (Å²) in [5, 5.41) is 2.78. The molecule has 0 spiro atoms. The van der Waals surface area contributed by atoms with Crippen molar-refractivity contribution in [2.75, 3.05) is 11.1 Å². The summed E-state index contributed by atoms with van der Waals surface area (Å²) in [6, 6.07) is 5.27. The predicted octanol–water partition coefficient (Wildman–Crippen LogP) is 3.49. The van der Waals surface area contributed by atoms with Crippen LogP contribution in [-0.4, -0.2) is 5.91 Å². The van der Waals surface area contributed by atoms with E-state index in [9.17, 15) is 4.79 Å². The van der Waals surface area contributed by atoms with E-state index in [0.717, 1.165) is 10.0 Å². The van der Waals surface area contributed by atoms with E-state index in [4.69, 9.17) is 10.2 Å². The third kappa shape index (κ3) is 2.56. The van der Waals surface area contributed by atoms with Gasteiger partial charge in [-0.15, -0.1) is 0 Å². The summed E-state index contributed by atoms with van der Waals surface area (Å²) < 4.78 is 5.89. The highest BCUT2D eigenvalue weighted by atomic mass is 79.9. The number of carbonyl (C=O) groups is 1. The van der Waals surface area contributed by atoms with E-state index in [1.54, 1.807) is 19.1 Å². The lowest BCUT2D eigenvalue weighted by atomic mass is 10.2. The van der Waals surface area contributed by atoms with Gasteiger partial charge in [0.2, 0.25) is 0 Å². The van der Waals surface area contributed by atoms with Crippen molar-refractivity contribution in [3.63, 3.8) is 0 Å². The molecule has 2 aromatic rings. The van der Waals surface area contributed by atoms with Crippen molar-refractivity contribution in [2.24, 2.45) is 0 Å². The van der Waals surface area contributed by atoms with Crippen LogP contribution in [0.1, 0.15) is 21.7 Å². The number of amides is 1. The number of hydrogen-bond acceptors (Lipinski definition) is 3. The topological polar surface area (TPSA) is 68.3 Å². The zero-order chi connectivity index (χ0) is 13.3. The van der Waals surface area contributed by atoms with Crippen LogP contribution >= 0.6 is 15.9 Å². The van der Waals surface area contributed by atoms with Gasteiger partial charge in [-0.3, -0.25) is 4.79 Å². The summed E-state index contributed by atoms with van der Waals surface area (Å²) in [6.45, 7) is 3.70. The Morgan fingerprint density at radius 2 is 2.06 bits per heavy atom. The molecule has 0 aliphatic carbocycles. The number of carbonyl (C=O) groups excluding carboxylic acids is 1. The van der Waals surface area contributed by atoms with E-state index in [1.807, 2.05) is 13.0 Å². The summed E-state index contributed by atoms with van der Waals surface area (Å²) in [6.07, 6.45) is 1.43. The molecule has 0 bridgehead atoms. The molecular formula is C13H13BrN2O2. The molecule has 0 saturated carbocycles. The molecule has 4 nitrogen and oxygen atoms in total. The zero-order valence-corrected chi connectivity index (χ0v) is 11.7. The van der Waals surface area contributed by atoms with E-state index in [1.165, 1.54) is 6.26 Å². The largest absolute Gasteiger partial charge is 0.469 e. The fourth-order valence-corrected chi connectivity index (χ4v) is 2.10. The average Bonchev–Trinajstić information content (AvgIpc) is 2.73. The van der Waals surface area contributed by atoms with E-state index < -0.39 is 0 Å². The van der Waals surface area contributed by atoms with Gasteiger partial charge in [0, 0.05) is 10.2 Å². The van der Waals surface area contributed by atoms with Crippen LogP contribution in [-0.2, 0) is 0 Å². The first-order valence-corrected chi connectivity index (χ1v) is 6.19. The van der Waals surface area contributed by atoms with Gasteiger partial charge in [0.25, 0.3) is 5.91 Å². The van der Waals surface area contributed by atoms with Crippen molar-refractivity contribution in [1.82, 2.24) is 0 Å². The fraction of sp³-hybridized carbons (Fsp3) is 0.154. The molecule has 0 aliphatic rings. The van der Waals surface area contributed by atoms with Gasteiger partial charge in [-0.05, 0) is 53.5 Å². The molecule has 1 aromatic carbocycles. The molecule has 0 saturated heterocycles. The quantitative estimate of drug-likeness (QED) is 0.834. The highest BCUT2D eigenvalue weighted by molar-refractivity contribution is 9.10. The van der Waals surface area contributed by atoms with Gasteiger partial charge in [0.1, 0.15) is 12.0 Å². The van der Waals surface area contributed by atoms with Crippen molar-refractivity contribution in [2.45, 2.75) is 13.8 Å². The maximum Gasteiger partial charge on any atom is 0.258 e. The van der Waals surface area contributed by atoms with Crippen LogP contribution in [0.15, 0.2) is 33.4 Å². The van der Waals surface area contributed by atoms with Gasteiger partial charge in [-0.1, -0.05) is 0 Å². The molecule has 3 N–H and O–H groups in total. The van der Waals surface area contributed by atoms with Crippen molar-refractivity contribution in [3.8, 4) is 0 Å². The number of nitrogens with one attached hydrogen (secondary N) is 1. The van der Waals surface area contributed by atoms with E-state index in [-0.39, 0.29) is 5.91 Å². The van der Waals surface area contributed by atoms with Crippen molar-refractivity contribution < 1.29 is 9.21 Å². The Morgan fingerprint density at radius 1 is 1.33 bits per heavy atom. The highest BCUT2D eigenvalue weighted by Crippen LogP contribution is 2.28. The summed E-state index contributed by atoms with van der Waals surface area (Å²) in [5.41, 5.74) is 8.54. The van der Waals surface area contributed by atoms with Crippen LogP contribution in [0.5, 0.6) is 0 Å². The number of nitrogen functional groups attached to an aromatic ring is 1. The first-order valence-electron chi connectivity index (χ1n) is 5.39. The molecule has 5 heteroatoms. The average molecular weight is 309 g/mol. The second kappa shape index (κ2) is 4.86. The number of nitrogens with two attached hydrogens (primary N) is 1. The molecule has 0 fully saturated rings. The molecule has 1 heterocycles. The SMILES string of the molecule is Cc1cc(C(=O)Nc2cc(N)c(C)cc2Br)co1. The minimum absolute atomic E-state index is 0.226. The third-order valence-corrected chi connectivity index (χ3v) is 3.25. The van der Waals surface area contributed by atoms with Crippen LogP contribution in [0.2, 0.25) is 0 Å². The lowest BCUT2D eigenvalue weighted by Crippen LogP contribution is -2.11. The first-order chi connectivity index (χ1) is 8.47. The molecule has 1 aromatic heterocycles. The number of benzene rings is 1. The van der Waals surface area contributed by atoms with Crippen LogP contribution in [0.4, 0.5) is 11.4 Å². The lowest BCUT2D eigenvalue weighted by molar-refractivity contribution is 0.102. The Kier molecular flexibility index (Phi) is 3.43. The standard InChI is InChI=1S/C13H13BrN2O2/c1-7-3-10(14)12(5-11(7)15)16-13(17)9-4-8(2)18-6-9/h3-6H,15H2,1-2H3,(H,16,17). The number of halogens is 1. The molecule has 0 aliphatic heterocycles. The molecule has 0 unspecified atom stereocenters. The minimum atomic E-state index is -0.226. The summed E-state index contributed by atoms with van der Waals surface area (Å²) in [7, 11) is 0. The lowest BCUT2D eigenvalue weighted by Gasteiger charge is -2.09. The van der Waals surface area contributed by atoms with E-state index in [2.05, 4.69) is 21.2 Å². The van der Waals surface area contributed by atoms with Crippen molar-refractivity contribution in [3.05, 3.63) is 45.8 Å². The molecule has 0 atom stereocenters. The maximum absolute atomic E-state index is 11.9. The van der Waals surface area contributed by atoms with Crippen LogP contribution < -0.4 is 11.1 Å². The fourth-order valence-electron chi connectivity index (χ4n) is 1.54. The zero-order valence-electron chi connectivity index (χ0n) is 10.1. The summed E-state index contributed by atoms with van der Waals surface area (Å²) in [5.74, 6) is 0.471. The molecular weight excluding hydrogens is 296 g/mol. The molecule has 94 valence electrons. The summed E-state index contributed by atoms with van der Waals surface area (Å²) >= 11 is 3.39. The Hall–Kier alpha value is -1.75. The smallest absolute Gasteiger partial charge is 0.258 e. The third-order valence-electron chi connectivity index (χ3n) is 2.60. The Morgan fingerprint density at radius 3 is 2.67 bits per heavy atom. The minimum Gasteiger partial charge on any atom is -0.469 e. The molecule has 1 amide bonds. The Bertz CT molecular complexity index is 605. The second-order valence-electron chi connectivity index (χ2n) is 4.09. The van der Waals surface area contributed by atoms with Crippen LogP contribution in [0.3, 0.4) is 0 Å². The number of anilines is 2. The van der Waals surface area contributed by atoms with Gasteiger partial charge in [-0.2, -0.15) is 0 Å². The highest BCUT2D eigenvalue weighted by Gasteiger charge is 2.11. The number of rotatable bonds is 2. The van der Waals surface area contributed by atoms with Crippen molar-refractivity contribution >= 4 is 33.2 Å². The number of aryl methyl sites for hydroxylation is 2. The van der Waals surface area contributed by atoms with Crippen LogP contribution in [0, 0.1) is 13.8 Å². The Balaban J connectivity index is 2.24. The second-order valence-corrected chi connectivity index (χ2v) is 4.94. The molecule has 2 rings (SSSR count). The van der Waals surface area contributed by atoms with Crippen LogP contribution in [0.25, 0.3) is 0 Å². The van der Waals surface area contributed by atoms with Gasteiger partial charge in [0.05, 0.1) is 11.3 Å². The number of hydrogen-bond donors (Lipinski definition) is 2. The maximum atomic E-state index is 11.9. The predicted molar refractivity (Wildman–Crippen MR) is 74.7 cm³/mol. The Labute approximate surface area is 113 Å². The van der Waals surface area contributed by atoms with Gasteiger partial charge < -0.3 is 15.5 Å². The normalized spacial score (nSPS) is 10.4. The van der Waals surface area contributed by atoms with E-state index in [0.29, 0.717) is 22.7 Å². The first kappa shape index (κ1) is 12.7. The summed E-state index contributed by atoms with van der Waals surface area (Å²) in [4.78, 5) is 11.9. The van der Waals surface area contributed by atoms with Gasteiger partial charge in [-0.25, -0.2) is 0 Å². The van der Waals surface area contributed by atoms with Gasteiger partial charge >= 0.3 is 0 Å². The molecule has 0 radical (unpaired) electrons. The van der Waals surface area contributed by atoms with Crippen molar-refractivity contribution in [1.29, 1.82) is 0 Å². The molecule has 18 heavy (non-hydrogen) atoms.